The predicted molar refractivity (Wildman–Crippen MR) is 87.8 cm³/mol. The second-order valence-corrected chi connectivity index (χ2v) is 5.62. The van der Waals surface area contributed by atoms with E-state index in [0.29, 0.717) is 19.0 Å². The lowest BCUT2D eigenvalue weighted by Crippen LogP contribution is -2.29. The first-order valence-corrected chi connectivity index (χ1v) is 8.10. The molecule has 2 aromatic rings. The molecule has 0 atom stereocenters. The summed E-state index contributed by atoms with van der Waals surface area (Å²) in [6.07, 6.45) is 5.40. The third kappa shape index (κ3) is 3.88. The zero-order valence-electron chi connectivity index (χ0n) is 13.7. The van der Waals surface area contributed by atoms with Crippen molar-refractivity contribution in [2.24, 2.45) is 0 Å². The van der Waals surface area contributed by atoms with Crippen LogP contribution in [0.4, 0.5) is 5.82 Å². The van der Waals surface area contributed by atoms with Crippen molar-refractivity contribution in [3.63, 3.8) is 0 Å². The molecule has 1 amide bonds. The maximum Gasteiger partial charge on any atom is 0.316 e. The highest BCUT2D eigenvalue weighted by molar-refractivity contribution is 5.89. The molecule has 8 nitrogen and oxygen atoms in total. The quantitative estimate of drug-likeness (QED) is 0.802. The van der Waals surface area contributed by atoms with Crippen LogP contribution < -0.4 is 10.2 Å². The second-order valence-electron chi connectivity index (χ2n) is 5.62. The number of piperidine rings is 1. The maximum absolute atomic E-state index is 11.8. The van der Waals surface area contributed by atoms with E-state index in [0.717, 1.165) is 24.5 Å². The van der Waals surface area contributed by atoms with Crippen molar-refractivity contribution in [3.05, 3.63) is 24.2 Å². The molecular weight excluding hydrogens is 310 g/mol. The summed E-state index contributed by atoms with van der Waals surface area (Å²) in [5, 5.41) is 6.48. The van der Waals surface area contributed by atoms with Gasteiger partial charge >= 0.3 is 11.8 Å². The normalized spacial score (nSPS) is 14.6. The van der Waals surface area contributed by atoms with Gasteiger partial charge in [-0.25, -0.2) is 4.98 Å². The van der Waals surface area contributed by atoms with E-state index in [2.05, 4.69) is 25.3 Å². The lowest BCUT2D eigenvalue weighted by atomic mass is 10.1. The molecule has 0 saturated carbocycles. The van der Waals surface area contributed by atoms with Gasteiger partial charge in [0.15, 0.2) is 0 Å². The molecule has 1 fully saturated rings. The Balaban J connectivity index is 1.65. The standard InChI is InChI=1S/C16H21N5O3/c1-23-10-7-17-15(22)16-19-14(20-24-16)12-5-6-13(18-11-12)21-8-3-2-4-9-21/h5-6,11H,2-4,7-10H2,1H3,(H,17,22). The van der Waals surface area contributed by atoms with Gasteiger partial charge in [-0.15, -0.1) is 0 Å². The minimum Gasteiger partial charge on any atom is -0.383 e. The fourth-order valence-corrected chi connectivity index (χ4v) is 2.60. The van der Waals surface area contributed by atoms with Crippen LogP contribution in [0.25, 0.3) is 11.4 Å². The van der Waals surface area contributed by atoms with Crippen LogP contribution in [-0.2, 0) is 4.74 Å². The van der Waals surface area contributed by atoms with Crippen molar-refractivity contribution < 1.29 is 14.1 Å². The van der Waals surface area contributed by atoms with Gasteiger partial charge in [-0.1, -0.05) is 5.16 Å². The highest BCUT2D eigenvalue weighted by Crippen LogP contribution is 2.21. The first-order chi connectivity index (χ1) is 11.8. The Labute approximate surface area is 140 Å². The van der Waals surface area contributed by atoms with Crippen LogP contribution in [0.2, 0.25) is 0 Å². The highest BCUT2D eigenvalue weighted by atomic mass is 16.5. The topological polar surface area (TPSA) is 93.4 Å². The first kappa shape index (κ1) is 16.4. The molecule has 8 heteroatoms. The molecule has 0 aromatic carbocycles. The monoisotopic (exact) mass is 331 g/mol. The lowest BCUT2D eigenvalue weighted by Gasteiger charge is -2.27. The van der Waals surface area contributed by atoms with Crippen LogP contribution in [0.1, 0.15) is 29.9 Å². The Morgan fingerprint density at radius 1 is 1.33 bits per heavy atom. The molecule has 0 radical (unpaired) electrons. The molecule has 0 unspecified atom stereocenters. The van der Waals surface area contributed by atoms with Crippen molar-refractivity contribution in [2.45, 2.75) is 19.3 Å². The van der Waals surface area contributed by atoms with Gasteiger partial charge in [0.2, 0.25) is 5.82 Å². The summed E-state index contributed by atoms with van der Waals surface area (Å²) in [7, 11) is 1.57. The van der Waals surface area contributed by atoms with E-state index < -0.39 is 5.91 Å². The van der Waals surface area contributed by atoms with Gasteiger partial charge in [0.05, 0.1) is 6.61 Å². The molecule has 128 valence electrons. The number of hydrogen-bond donors (Lipinski definition) is 1. The molecule has 24 heavy (non-hydrogen) atoms. The van der Waals surface area contributed by atoms with E-state index in [1.807, 2.05) is 12.1 Å². The van der Waals surface area contributed by atoms with Gasteiger partial charge in [-0.05, 0) is 31.4 Å². The van der Waals surface area contributed by atoms with Crippen LogP contribution >= 0.6 is 0 Å². The van der Waals surface area contributed by atoms with E-state index in [1.54, 1.807) is 13.3 Å². The number of nitrogens with zero attached hydrogens (tertiary/aromatic N) is 4. The Morgan fingerprint density at radius 3 is 2.88 bits per heavy atom. The zero-order valence-corrected chi connectivity index (χ0v) is 13.7. The van der Waals surface area contributed by atoms with Crippen LogP contribution in [0, 0.1) is 0 Å². The maximum atomic E-state index is 11.8. The molecule has 0 spiro atoms. The van der Waals surface area contributed by atoms with Crippen molar-refractivity contribution in [3.8, 4) is 11.4 Å². The molecule has 1 aliphatic heterocycles. The minimum atomic E-state index is -0.413. The third-order valence-corrected chi connectivity index (χ3v) is 3.90. The number of amides is 1. The number of anilines is 1. The van der Waals surface area contributed by atoms with Gasteiger partial charge in [-0.3, -0.25) is 4.79 Å². The van der Waals surface area contributed by atoms with Crippen molar-refractivity contribution >= 4 is 11.7 Å². The zero-order chi connectivity index (χ0) is 16.8. The van der Waals surface area contributed by atoms with Crippen LogP contribution in [0.15, 0.2) is 22.9 Å². The van der Waals surface area contributed by atoms with Crippen molar-refractivity contribution in [1.29, 1.82) is 0 Å². The Bertz CT molecular complexity index is 665. The van der Waals surface area contributed by atoms with E-state index in [4.69, 9.17) is 9.26 Å². The molecule has 0 aliphatic carbocycles. The Kier molecular flexibility index (Phi) is 5.37. The number of aromatic nitrogens is 3. The number of rotatable bonds is 6. The minimum absolute atomic E-state index is 0.0683. The predicted octanol–water partition coefficient (Wildman–Crippen LogP) is 1.50. The van der Waals surface area contributed by atoms with Crippen LogP contribution in [0.5, 0.6) is 0 Å². The lowest BCUT2D eigenvalue weighted by molar-refractivity contribution is 0.0893. The number of hydrogen-bond acceptors (Lipinski definition) is 7. The molecule has 1 N–H and O–H groups in total. The Morgan fingerprint density at radius 2 is 2.17 bits per heavy atom. The van der Waals surface area contributed by atoms with Crippen LogP contribution in [0.3, 0.4) is 0 Å². The molecule has 2 aromatic heterocycles. The number of carbonyl (C=O) groups is 1. The van der Waals surface area contributed by atoms with Gasteiger partial charge in [0, 0.05) is 38.5 Å². The summed E-state index contributed by atoms with van der Waals surface area (Å²) in [5.41, 5.74) is 0.718. The highest BCUT2D eigenvalue weighted by Gasteiger charge is 2.17. The summed E-state index contributed by atoms with van der Waals surface area (Å²) in [4.78, 5) is 22.7. The summed E-state index contributed by atoms with van der Waals surface area (Å²) in [5.74, 6) is 0.828. The first-order valence-electron chi connectivity index (χ1n) is 8.10. The van der Waals surface area contributed by atoms with E-state index in [-0.39, 0.29) is 5.89 Å². The summed E-state index contributed by atoms with van der Waals surface area (Å²) in [6.45, 7) is 2.90. The summed E-state index contributed by atoms with van der Waals surface area (Å²) < 4.78 is 9.88. The van der Waals surface area contributed by atoms with Gasteiger partial charge in [-0.2, -0.15) is 4.98 Å². The number of ether oxygens (including phenoxy) is 1. The van der Waals surface area contributed by atoms with E-state index >= 15 is 0 Å². The van der Waals surface area contributed by atoms with Crippen molar-refractivity contribution in [2.75, 3.05) is 38.3 Å². The van der Waals surface area contributed by atoms with Gasteiger partial charge in [0.1, 0.15) is 5.82 Å². The van der Waals surface area contributed by atoms with Crippen LogP contribution in [-0.4, -0.2) is 54.4 Å². The average Bonchev–Trinajstić information content (AvgIpc) is 3.13. The van der Waals surface area contributed by atoms with E-state index in [9.17, 15) is 4.79 Å². The molecule has 0 bridgehead atoms. The molecule has 3 rings (SSSR count). The number of pyridine rings is 1. The largest absolute Gasteiger partial charge is 0.383 e. The molecule has 3 heterocycles. The number of methoxy groups -OCH3 is 1. The average molecular weight is 331 g/mol. The van der Waals surface area contributed by atoms with E-state index in [1.165, 1.54) is 19.3 Å². The van der Waals surface area contributed by atoms with Gasteiger partial charge in [0.25, 0.3) is 0 Å². The van der Waals surface area contributed by atoms with Crippen molar-refractivity contribution in [1.82, 2.24) is 20.4 Å². The smallest absolute Gasteiger partial charge is 0.316 e. The summed E-state index contributed by atoms with van der Waals surface area (Å²) in [6, 6.07) is 3.85. The molecular formula is C16H21N5O3. The fourth-order valence-electron chi connectivity index (χ4n) is 2.60. The Hall–Kier alpha value is -2.48. The third-order valence-electron chi connectivity index (χ3n) is 3.90. The number of nitrogens with one attached hydrogen (secondary N) is 1. The fraction of sp³-hybridized carbons (Fsp3) is 0.500. The molecule has 1 saturated heterocycles. The number of carbonyl (C=O) groups excluding carboxylic acids is 1. The van der Waals surface area contributed by atoms with Gasteiger partial charge < -0.3 is 19.5 Å². The second kappa shape index (κ2) is 7.87. The SMILES string of the molecule is COCCNC(=O)c1nc(-c2ccc(N3CCCCC3)nc2)no1. The molecule has 1 aliphatic rings. The summed E-state index contributed by atoms with van der Waals surface area (Å²) >= 11 is 0.